The number of benzene rings is 1. The van der Waals surface area contributed by atoms with Crippen LogP contribution in [-0.4, -0.2) is 35.3 Å². The number of nitrogen functional groups attached to an aromatic ring is 1. The van der Waals surface area contributed by atoms with Gasteiger partial charge in [0.1, 0.15) is 11.6 Å². The molecule has 2 aromatic rings. The Kier molecular flexibility index (Phi) is 5.40. The second-order valence-electron chi connectivity index (χ2n) is 10.2. The van der Waals surface area contributed by atoms with Crippen LogP contribution in [-0.2, 0) is 7.05 Å². The number of aromatic nitrogens is 2. The van der Waals surface area contributed by atoms with E-state index in [0.29, 0.717) is 23.3 Å². The Morgan fingerprint density at radius 1 is 1.12 bits per heavy atom. The van der Waals surface area contributed by atoms with Gasteiger partial charge in [-0.15, -0.1) is 0 Å². The van der Waals surface area contributed by atoms with Gasteiger partial charge in [-0.25, -0.2) is 0 Å². The number of piperidine rings is 1. The van der Waals surface area contributed by atoms with Gasteiger partial charge < -0.3 is 21.1 Å². The second kappa shape index (κ2) is 8.10. The minimum Gasteiger partial charge on any atom is -0.493 e. The molecule has 1 saturated heterocycles. The molecule has 1 aromatic carbocycles. The summed E-state index contributed by atoms with van der Waals surface area (Å²) < 4.78 is 7.45. The number of rotatable bonds is 5. The molecule has 7 heteroatoms. The molecule has 2 atom stereocenters. The van der Waals surface area contributed by atoms with E-state index in [-0.39, 0.29) is 22.8 Å². The molecule has 1 spiro atoms. The van der Waals surface area contributed by atoms with E-state index in [1.165, 1.54) is 25.7 Å². The minimum absolute atomic E-state index is 0.120. The van der Waals surface area contributed by atoms with E-state index >= 15 is 0 Å². The Hall–Kier alpha value is -2.54. The molecule has 4 N–H and O–H groups in total. The normalized spacial score (nSPS) is 24.8. The fourth-order valence-corrected chi connectivity index (χ4v) is 5.58. The summed E-state index contributed by atoms with van der Waals surface area (Å²) in [5, 5.41) is 0. The van der Waals surface area contributed by atoms with Gasteiger partial charge in [0.2, 0.25) is 5.95 Å². The highest BCUT2D eigenvalue weighted by Gasteiger charge is 2.46. The zero-order valence-electron chi connectivity index (χ0n) is 19.2. The quantitative estimate of drug-likeness (QED) is 0.745. The molecule has 2 heterocycles. The highest BCUT2D eigenvalue weighted by molar-refractivity contribution is 5.74. The summed E-state index contributed by atoms with van der Waals surface area (Å²) in [6.45, 7) is 4.74. The topological polar surface area (TPSA) is 99.4 Å². The van der Waals surface area contributed by atoms with Crippen molar-refractivity contribution < 1.29 is 4.74 Å². The van der Waals surface area contributed by atoms with Crippen LogP contribution in [0.15, 0.2) is 29.1 Å². The van der Waals surface area contributed by atoms with Crippen molar-refractivity contribution in [3.05, 3.63) is 34.6 Å². The molecule has 3 fully saturated rings. The van der Waals surface area contributed by atoms with E-state index in [9.17, 15) is 4.79 Å². The standard InChI is InChI=1S/C25H35N5O2/c1-16-9-10-25(21(16)26)11-13-30(14-12-25)24-28-22(27)20(23(31)29(24)2)18-5-7-19(8-6-18)32-15-17-3-4-17/h5-8,16-17,21H,3-4,9-15,26-27H2,1-2H3/t16-,21-/m1/s1. The van der Waals surface area contributed by atoms with E-state index < -0.39 is 0 Å². The first-order valence-electron chi connectivity index (χ1n) is 12.0. The van der Waals surface area contributed by atoms with Gasteiger partial charge in [0.15, 0.2) is 0 Å². The summed E-state index contributed by atoms with van der Waals surface area (Å²) in [5.74, 6) is 3.04. The van der Waals surface area contributed by atoms with Gasteiger partial charge in [-0.3, -0.25) is 9.36 Å². The predicted molar refractivity (Wildman–Crippen MR) is 128 cm³/mol. The summed E-state index contributed by atoms with van der Waals surface area (Å²) in [5.41, 5.74) is 14.2. The first-order chi connectivity index (χ1) is 15.4. The molecular weight excluding hydrogens is 402 g/mol. The van der Waals surface area contributed by atoms with E-state index in [1.54, 1.807) is 11.6 Å². The molecule has 32 heavy (non-hydrogen) atoms. The zero-order chi connectivity index (χ0) is 22.5. The fraction of sp³-hybridized carbons (Fsp3) is 0.600. The second-order valence-corrected chi connectivity index (χ2v) is 10.2. The number of nitrogens with zero attached hydrogens (tertiary/aromatic N) is 3. The van der Waals surface area contributed by atoms with E-state index in [0.717, 1.165) is 43.9 Å². The van der Waals surface area contributed by atoms with E-state index in [1.807, 2.05) is 24.3 Å². The summed E-state index contributed by atoms with van der Waals surface area (Å²) in [7, 11) is 1.79. The number of nitrogens with two attached hydrogens (primary N) is 2. The maximum Gasteiger partial charge on any atom is 0.264 e. The van der Waals surface area contributed by atoms with Crippen LogP contribution in [0.3, 0.4) is 0 Å². The lowest BCUT2D eigenvalue weighted by molar-refractivity contribution is 0.185. The largest absolute Gasteiger partial charge is 0.493 e. The van der Waals surface area contributed by atoms with Gasteiger partial charge in [0, 0.05) is 26.2 Å². The third-order valence-electron chi connectivity index (χ3n) is 8.08. The monoisotopic (exact) mass is 437 g/mol. The van der Waals surface area contributed by atoms with Crippen molar-refractivity contribution >= 4 is 11.8 Å². The van der Waals surface area contributed by atoms with Gasteiger partial charge in [-0.1, -0.05) is 19.1 Å². The van der Waals surface area contributed by atoms with Gasteiger partial charge in [0.05, 0.1) is 12.2 Å². The van der Waals surface area contributed by atoms with E-state index in [4.69, 9.17) is 16.2 Å². The van der Waals surface area contributed by atoms with E-state index in [2.05, 4.69) is 16.8 Å². The maximum atomic E-state index is 13.3. The molecule has 2 aliphatic carbocycles. The van der Waals surface area contributed by atoms with Crippen molar-refractivity contribution in [1.29, 1.82) is 0 Å². The SMILES string of the molecule is C[C@@H]1CCC2(CCN(c3nc(N)c(-c4ccc(OCC5CC5)cc4)c(=O)n3C)CC2)[C@@H]1N. The zero-order valence-corrected chi connectivity index (χ0v) is 19.2. The average Bonchev–Trinajstić information content (AvgIpc) is 3.60. The Labute approximate surface area is 189 Å². The average molecular weight is 438 g/mol. The van der Waals surface area contributed by atoms with Gasteiger partial charge >= 0.3 is 0 Å². The van der Waals surface area contributed by atoms with Crippen LogP contribution >= 0.6 is 0 Å². The Morgan fingerprint density at radius 3 is 2.41 bits per heavy atom. The number of ether oxygens (including phenoxy) is 1. The molecule has 0 bridgehead atoms. The Morgan fingerprint density at radius 2 is 1.81 bits per heavy atom. The predicted octanol–water partition coefficient (Wildman–Crippen LogP) is 3.16. The van der Waals surface area contributed by atoms with Crippen LogP contribution in [0.2, 0.25) is 0 Å². The third kappa shape index (κ3) is 3.76. The molecule has 0 radical (unpaired) electrons. The van der Waals surface area contributed by atoms with Crippen LogP contribution < -0.4 is 26.7 Å². The van der Waals surface area contributed by atoms with Crippen molar-refractivity contribution in [2.24, 2.45) is 30.0 Å². The van der Waals surface area contributed by atoms with Crippen molar-refractivity contribution in [3.63, 3.8) is 0 Å². The van der Waals surface area contributed by atoms with Crippen LogP contribution in [0.25, 0.3) is 11.1 Å². The molecular formula is C25H35N5O2. The molecule has 172 valence electrons. The van der Waals surface area contributed by atoms with Crippen LogP contribution in [0.5, 0.6) is 5.75 Å². The third-order valence-corrected chi connectivity index (χ3v) is 8.08. The fourth-order valence-electron chi connectivity index (χ4n) is 5.58. The van der Waals surface area contributed by atoms with Crippen molar-refractivity contribution in [3.8, 4) is 16.9 Å². The summed E-state index contributed by atoms with van der Waals surface area (Å²) in [6, 6.07) is 7.86. The van der Waals surface area contributed by atoms with Crippen molar-refractivity contribution in [2.45, 2.75) is 51.5 Å². The molecule has 1 aliphatic heterocycles. The smallest absolute Gasteiger partial charge is 0.264 e. The molecule has 7 nitrogen and oxygen atoms in total. The molecule has 0 unspecified atom stereocenters. The van der Waals surface area contributed by atoms with Gasteiger partial charge in [0.25, 0.3) is 5.56 Å². The lowest BCUT2D eigenvalue weighted by Gasteiger charge is -2.43. The maximum absolute atomic E-state index is 13.3. The minimum atomic E-state index is -0.120. The molecule has 2 saturated carbocycles. The molecule has 5 rings (SSSR count). The number of hydrogen-bond donors (Lipinski definition) is 2. The molecule has 3 aliphatic rings. The van der Waals surface area contributed by atoms with Crippen LogP contribution in [0.1, 0.15) is 45.4 Å². The summed E-state index contributed by atoms with van der Waals surface area (Å²) in [6.07, 6.45) is 7.01. The number of hydrogen-bond acceptors (Lipinski definition) is 6. The first-order valence-corrected chi connectivity index (χ1v) is 12.0. The molecule has 0 amide bonds. The lowest BCUT2D eigenvalue weighted by Crippen LogP contribution is -2.49. The van der Waals surface area contributed by atoms with Crippen LogP contribution in [0, 0.1) is 17.3 Å². The molecule has 1 aromatic heterocycles. The Bertz CT molecular complexity index is 1040. The highest BCUT2D eigenvalue weighted by atomic mass is 16.5. The highest BCUT2D eigenvalue weighted by Crippen LogP contribution is 2.48. The first kappa shape index (κ1) is 21.3. The van der Waals surface area contributed by atoms with Crippen molar-refractivity contribution in [2.75, 3.05) is 30.3 Å². The summed E-state index contributed by atoms with van der Waals surface area (Å²) in [4.78, 5) is 20.1. The number of anilines is 2. The Balaban J connectivity index is 1.34. The van der Waals surface area contributed by atoms with Crippen LogP contribution in [0.4, 0.5) is 11.8 Å². The van der Waals surface area contributed by atoms with Gasteiger partial charge in [-0.05, 0) is 73.5 Å². The van der Waals surface area contributed by atoms with Crippen molar-refractivity contribution in [1.82, 2.24) is 9.55 Å². The summed E-state index contributed by atoms with van der Waals surface area (Å²) >= 11 is 0. The lowest BCUT2D eigenvalue weighted by atomic mass is 9.73. The van der Waals surface area contributed by atoms with Gasteiger partial charge in [-0.2, -0.15) is 4.98 Å².